The number of hydrogen-bond donors (Lipinski definition) is 0. The van der Waals surface area contributed by atoms with Gasteiger partial charge < -0.3 is 4.90 Å². The molecule has 1 saturated heterocycles. The number of carbonyl (C=O) groups excluding carboxylic acids is 1. The molecule has 0 N–H and O–H groups in total. The standard InChI is InChI=1S/C16H23FN2O/c1-18-9-7-14(8-10-18)19(2)12-15(20)11-13-5-3-4-6-16(13)17/h3-6,14H,7-12H2,1-2H3. The zero-order valence-corrected chi connectivity index (χ0v) is 12.3. The molecule has 0 atom stereocenters. The smallest absolute Gasteiger partial charge is 0.151 e. The van der Waals surface area contributed by atoms with Crippen molar-refractivity contribution in [2.24, 2.45) is 0 Å². The van der Waals surface area contributed by atoms with Crippen molar-refractivity contribution in [3.05, 3.63) is 35.6 Å². The molecule has 1 aliphatic heterocycles. The van der Waals surface area contributed by atoms with Crippen LogP contribution >= 0.6 is 0 Å². The summed E-state index contributed by atoms with van der Waals surface area (Å²) < 4.78 is 13.5. The molecule has 0 unspecified atom stereocenters. The van der Waals surface area contributed by atoms with Gasteiger partial charge in [0, 0.05) is 12.5 Å². The monoisotopic (exact) mass is 278 g/mol. The van der Waals surface area contributed by atoms with E-state index in [1.165, 1.54) is 6.07 Å². The molecule has 1 aliphatic rings. The Morgan fingerprint density at radius 1 is 1.35 bits per heavy atom. The summed E-state index contributed by atoms with van der Waals surface area (Å²) in [5, 5.41) is 0. The molecule has 0 bridgehead atoms. The normalized spacial score (nSPS) is 17.6. The van der Waals surface area contributed by atoms with Crippen molar-refractivity contribution in [2.45, 2.75) is 25.3 Å². The molecule has 20 heavy (non-hydrogen) atoms. The second-order valence-electron chi connectivity index (χ2n) is 5.76. The number of piperidine rings is 1. The lowest BCUT2D eigenvalue weighted by atomic mass is 10.0. The number of halogens is 1. The first-order valence-electron chi connectivity index (χ1n) is 7.20. The predicted octanol–water partition coefficient (Wildman–Crippen LogP) is 1.96. The third-order valence-electron chi connectivity index (χ3n) is 4.08. The van der Waals surface area contributed by atoms with E-state index in [1.807, 2.05) is 7.05 Å². The minimum Gasteiger partial charge on any atom is -0.306 e. The Morgan fingerprint density at radius 2 is 2.00 bits per heavy atom. The van der Waals surface area contributed by atoms with Gasteiger partial charge in [0.05, 0.1) is 6.54 Å². The molecule has 1 aromatic carbocycles. The van der Waals surface area contributed by atoms with Gasteiger partial charge in [-0.2, -0.15) is 0 Å². The van der Waals surface area contributed by atoms with Crippen LogP contribution in [0.1, 0.15) is 18.4 Å². The number of likely N-dealkylation sites (tertiary alicyclic amines) is 1. The highest BCUT2D eigenvalue weighted by Crippen LogP contribution is 2.14. The summed E-state index contributed by atoms with van der Waals surface area (Å²) in [6.07, 6.45) is 2.38. The van der Waals surface area contributed by atoms with Crippen molar-refractivity contribution in [2.75, 3.05) is 33.7 Å². The molecule has 0 amide bonds. The minimum atomic E-state index is -0.289. The molecular formula is C16H23FN2O. The van der Waals surface area contributed by atoms with Crippen LogP contribution in [-0.2, 0) is 11.2 Å². The van der Waals surface area contributed by atoms with Gasteiger partial charge in [-0.05, 0) is 51.7 Å². The largest absolute Gasteiger partial charge is 0.306 e. The molecule has 2 rings (SSSR count). The third-order valence-corrected chi connectivity index (χ3v) is 4.08. The average molecular weight is 278 g/mol. The van der Waals surface area contributed by atoms with Crippen LogP contribution in [0.2, 0.25) is 0 Å². The van der Waals surface area contributed by atoms with Gasteiger partial charge in [-0.1, -0.05) is 18.2 Å². The molecule has 1 aromatic rings. The SMILES string of the molecule is CN1CCC(N(C)CC(=O)Cc2ccccc2F)CC1. The molecule has 0 radical (unpaired) electrons. The van der Waals surface area contributed by atoms with Crippen molar-refractivity contribution < 1.29 is 9.18 Å². The van der Waals surface area contributed by atoms with Crippen LogP contribution < -0.4 is 0 Å². The molecule has 0 spiro atoms. The van der Waals surface area contributed by atoms with Crippen LogP contribution in [0.5, 0.6) is 0 Å². The van der Waals surface area contributed by atoms with E-state index in [0.717, 1.165) is 25.9 Å². The highest BCUT2D eigenvalue weighted by Gasteiger charge is 2.22. The van der Waals surface area contributed by atoms with Crippen molar-refractivity contribution in [3.8, 4) is 0 Å². The van der Waals surface area contributed by atoms with Crippen LogP contribution in [-0.4, -0.2) is 55.4 Å². The number of Topliss-reactive ketones (excluding diaryl/α,β-unsaturated/α-hetero) is 1. The maximum atomic E-state index is 13.5. The second-order valence-corrected chi connectivity index (χ2v) is 5.76. The Hall–Kier alpha value is -1.26. The fourth-order valence-corrected chi connectivity index (χ4v) is 2.75. The zero-order valence-electron chi connectivity index (χ0n) is 12.3. The third kappa shape index (κ3) is 4.12. The predicted molar refractivity (Wildman–Crippen MR) is 78.3 cm³/mol. The molecule has 1 heterocycles. The van der Waals surface area contributed by atoms with Gasteiger partial charge in [0.2, 0.25) is 0 Å². The van der Waals surface area contributed by atoms with Gasteiger partial charge in [0.1, 0.15) is 5.82 Å². The van der Waals surface area contributed by atoms with Crippen LogP contribution in [0.3, 0.4) is 0 Å². The van der Waals surface area contributed by atoms with E-state index in [2.05, 4.69) is 16.8 Å². The Kier molecular flexibility index (Phi) is 5.26. The molecule has 0 saturated carbocycles. The van der Waals surface area contributed by atoms with E-state index < -0.39 is 0 Å². The van der Waals surface area contributed by atoms with Gasteiger partial charge >= 0.3 is 0 Å². The summed E-state index contributed by atoms with van der Waals surface area (Å²) in [5.74, 6) is -0.209. The van der Waals surface area contributed by atoms with Gasteiger partial charge in [-0.25, -0.2) is 4.39 Å². The Balaban J connectivity index is 1.84. The maximum Gasteiger partial charge on any atom is 0.151 e. The lowest BCUT2D eigenvalue weighted by Gasteiger charge is -2.34. The van der Waals surface area contributed by atoms with E-state index in [-0.39, 0.29) is 18.0 Å². The van der Waals surface area contributed by atoms with Crippen molar-refractivity contribution in [3.63, 3.8) is 0 Å². The number of nitrogens with zero attached hydrogens (tertiary/aromatic N) is 2. The molecule has 0 aromatic heterocycles. The quantitative estimate of drug-likeness (QED) is 0.822. The number of hydrogen-bond acceptors (Lipinski definition) is 3. The Morgan fingerprint density at radius 3 is 2.65 bits per heavy atom. The lowest BCUT2D eigenvalue weighted by Crippen LogP contribution is -2.43. The van der Waals surface area contributed by atoms with Gasteiger partial charge in [0.25, 0.3) is 0 Å². The highest BCUT2D eigenvalue weighted by atomic mass is 19.1. The van der Waals surface area contributed by atoms with E-state index in [1.54, 1.807) is 18.2 Å². The maximum absolute atomic E-state index is 13.5. The second kappa shape index (κ2) is 6.95. The molecule has 0 aliphatic carbocycles. The first kappa shape index (κ1) is 15.1. The first-order valence-corrected chi connectivity index (χ1v) is 7.20. The molecular weight excluding hydrogens is 255 g/mol. The highest BCUT2D eigenvalue weighted by molar-refractivity contribution is 5.82. The summed E-state index contributed by atoms with van der Waals surface area (Å²) in [6, 6.07) is 6.97. The summed E-state index contributed by atoms with van der Waals surface area (Å²) in [7, 11) is 4.12. The topological polar surface area (TPSA) is 23.6 Å². The van der Waals surface area contributed by atoms with Crippen LogP contribution in [0.4, 0.5) is 4.39 Å². The Bertz CT molecular complexity index is 456. The molecule has 4 heteroatoms. The zero-order chi connectivity index (χ0) is 14.5. The van der Waals surface area contributed by atoms with Crippen molar-refractivity contribution in [1.82, 2.24) is 9.80 Å². The van der Waals surface area contributed by atoms with Gasteiger partial charge in [-0.3, -0.25) is 9.69 Å². The number of benzene rings is 1. The van der Waals surface area contributed by atoms with Crippen LogP contribution in [0, 0.1) is 5.82 Å². The van der Waals surface area contributed by atoms with Crippen molar-refractivity contribution >= 4 is 5.78 Å². The van der Waals surface area contributed by atoms with Gasteiger partial charge in [-0.15, -0.1) is 0 Å². The average Bonchev–Trinajstić information content (AvgIpc) is 2.42. The fraction of sp³-hybridized carbons (Fsp3) is 0.562. The lowest BCUT2D eigenvalue weighted by molar-refractivity contribution is -0.120. The number of rotatable bonds is 5. The molecule has 1 fully saturated rings. The van der Waals surface area contributed by atoms with E-state index in [9.17, 15) is 9.18 Å². The number of likely N-dealkylation sites (N-methyl/N-ethyl adjacent to an activating group) is 1. The van der Waals surface area contributed by atoms with E-state index in [0.29, 0.717) is 18.2 Å². The number of ketones is 1. The molecule has 3 nitrogen and oxygen atoms in total. The summed E-state index contributed by atoms with van der Waals surface area (Å²) >= 11 is 0. The molecule has 110 valence electrons. The summed E-state index contributed by atoms with van der Waals surface area (Å²) in [4.78, 5) is 16.5. The fourth-order valence-electron chi connectivity index (χ4n) is 2.75. The van der Waals surface area contributed by atoms with E-state index in [4.69, 9.17) is 0 Å². The van der Waals surface area contributed by atoms with Crippen molar-refractivity contribution in [1.29, 1.82) is 0 Å². The van der Waals surface area contributed by atoms with E-state index >= 15 is 0 Å². The van der Waals surface area contributed by atoms with Crippen LogP contribution in [0.15, 0.2) is 24.3 Å². The number of carbonyl (C=O) groups is 1. The summed E-state index contributed by atoms with van der Waals surface area (Å²) in [5.41, 5.74) is 0.495. The first-order chi connectivity index (χ1) is 9.56. The minimum absolute atomic E-state index is 0.0801. The summed E-state index contributed by atoms with van der Waals surface area (Å²) in [6.45, 7) is 2.57. The van der Waals surface area contributed by atoms with Gasteiger partial charge in [0.15, 0.2) is 5.78 Å². The van der Waals surface area contributed by atoms with Crippen LogP contribution in [0.25, 0.3) is 0 Å². The Labute approximate surface area is 120 Å².